The van der Waals surface area contributed by atoms with Gasteiger partial charge in [0.1, 0.15) is 11.4 Å². The second-order valence-electron chi connectivity index (χ2n) is 4.79. The van der Waals surface area contributed by atoms with Gasteiger partial charge in [0.05, 0.1) is 21.1 Å². The number of nitrogens with zero attached hydrogens (tertiary/aromatic N) is 1. The fraction of sp³-hybridized carbons (Fsp3) is 0.308. The lowest BCUT2D eigenvalue weighted by Gasteiger charge is -2.24. The van der Waals surface area contributed by atoms with Crippen molar-refractivity contribution in [2.24, 2.45) is 0 Å². The Hall–Kier alpha value is -1.08. The van der Waals surface area contributed by atoms with Gasteiger partial charge in [-0.2, -0.15) is 0 Å². The molecule has 0 saturated heterocycles. The van der Waals surface area contributed by atoms with Gasteiger partial charge in [0.2, 0.25) is 0 Å². The van der Waals surface area contributed by atoms with E-state index in [4.69, 9.17) is 9.47 Å². The summed E-state index contributed by atoms with van der Waals surface area (Å²) in [5, 5.41) is 0. The van der Waals surface area contributed by atoms with Crippen LogP contribution in [0, 0.1) is 0 Å². The fourth-order valence-electron chi connectivity index (χ4n) is 1.52. The van der Waals surface area contributed by atoms with Crippen molar-refractivity contribution in [1.82, 2.24) is 4.48 Å². The Morgan fingerprint density at radius 2 is 2.00 bits per heavy atom. The summed E-state index contributed by atoms with van der Waals surface area (Å²) in [7, 11) is 6.23. The number of carbonyl (C=O) groups excluding carboxylic acids is 1. The predicted octanol–water partition coefficient (Wildman–Crippen LogP) is -1.29. The van der Waals surface area contributed by atoms with E-state index in [0.29, 0.717) is 10.2 Å². The Balaban J connectivity index is 0.00000162. The van der Waals surface area contributed by atoms with E-state index in [2.05, 4.69) is 21.1 Å². The van der Waals surface area contributed by atoms with Crippen LogP contribution in [0.25, 0.3) is 0 Å². The maximum absolute atomic E-state index is 10.9. The van der Waals surface area contributed by atoms with Crippen LogP contribution in [0.5, 0.6) is 5.75 Å². The number of hydrogen-bond donors (Lipinski definition) is 0. The Bertz CT molecular complexity index is 466. The molecule has 1 aliphatic heterocycles. The predicted molar refractivity (Wildman–Crippen MR) is 65.7 cm³/mol. The SMILES string of the molecule is C[N+](C)(C)c1cccc(OC2C=CC(=O)O2)c1.[I-]. The molecule has 1 unspecified atom stereocenters. The zero-order valence-electron chi connectivity index (χ0n) is 10.6. The molecule has 2 rings (SSSR count). The highest BCUT2D eigenvalue weighted by molar-refractivity contribution is 5.84. The fourth-order valence-corrected chi connectivity index (χ4v) is 1.52. The van der Waals surface area contributed by atoms with E-state index in [9.17, 15) is 4.79 Å². The van der Waals surface area contributed by atoms with Crippen molar-refractivity contribution in [3.8, 4) is 5.75 Å². The standard InChI is InChI=1S/C13H16NO3.HI/c1-14(2,3)10-5-4-6-11(9-10)16-13-8-7-12(15)17-13;/h4-9,13H,1-3H3;1H/q+1;/p-1. The first kappa shape index (κ1) is 15.0. The molecule has 0 aromatic heterocycles. The summed E-state index contributed by atoms with van der Waals surface area (Å²) in [5.74, 6) is 0.331. The van der Waals surface area contributed by atoms with E-state index in [1.165, 1.54) is 6.08 Å². The first-order valence-electron chi connectivity index (χ1n) is 5.43. The maximum Gasteiger partial charge on any atom is 0.334 e. The van der Waals surface area contributed by atoms with E-state index in [1.807, 2.05) is 24.3 Å². The monoisotopic (exact) mass is 361 g/mol. The second kappa shape index (κ2) is 5.71. The quantitative estimate of drug-likeness (QED) is 0.382. The lowest BCUT2D eigenvalue weighted by Crippen LogP contribution is -3.00. The van der Waals surface area contributed by atoms with Gasteiger partial charge in [0.15, 0.2) is 0 Å². The van der Waals surface area contributed by atoms with E-state index in [-0.39, 0.29) is 29.9 Å². The molecule has 5 heteroatoms. The molecule has 1 aromatic carbocycles. The molecule has 0 fully saturated rings. The summed E-state index contributed by atoms with van der Waals surface area (Å²) in [4.78, 5) is 10.9. The lowest BCUT2D eigenvalue weighted by atomic mass is 10.2. The molecular weight excluding hydrogens is 345 g/mol. The molecule has 0 amide bonds. The molecule has 0 N–H and O–H groups in total. The molecule has 0 spiro atoms. The maximum atomic E-state index is 10.9. The van der Waals surface area contributed by atoms with Gasteiger partial charge in [-0.15, -0.1) is 0 Å². The van der Waals surface area contributed by atoms with Gasteiger partial charge in [0.25, 0.3) is 6.29 Å². The molecule has 1 aliphatic rings. The van der Waals surface area contributed by atoms with Crippen molar-refractivity contribution in [2.45, 2.75) is 6.29 Å². The van der Waals surface area contributed by atoms with E-state index in [1.54, 1.807) is 6.08 Å². The summed E-state index contributed by atoms with van der Waals surface area (Å²) in [6.45, 7) is 0. The molecule has 18 heavy (non-hydrogen) atoms. The van der Waals surface area contributed by atoms with Crippen LogP contribution in [-0.4, -0.2) is 33.4 Å². The highest BCUT2D eigenvalue weighted by Gasteiger charge is 2.19. The summed E-state index contributed by atoms with van der Waals surface area (Å²) >= 11 is 0. The van der Waals surface area contributed by atoms with E-state index >= 15 is 0 Å². The van der Waals surface area contributed by atoms with Gasteiger partial charge in [-0.25, -0.2) is 4.79 Å². The number of ether oxygens (including phenoxy) is 2. The largest absolute Gasteiger partial charge is 1.00 e. The molecule has 0 bridgehead atoms. The molecule has 0 saturated carbocycles. The Kier molecular flexibility index (Phi) is 4.75. The Morgan fingerprint density at radius 1 is 1.28 bits per heavy atom. The van der Waals surface area contributed by atoms with Crippen LogP contribution in [0.15, 0.2) is 36.4 Å². The lowest BCUT2D eigenvalue weighted by molar-refractivity contribution is -0.147. The third-order valence-electron chi connectivity index (χ3n) is 2.47. The third-order valence-corrected chi connectivity index (χ3v) is 2.47. The number of halogens is 1. The van der Waals surface area contributed by atoms with Crippen molar-refractivity contribution in [3.05, 3.63) is 36.4 Å². The Labute approximate surface area is 124 Å². The van der Waals surface area contributed by atoms with Gasteiger partial charge in [0, 0.05) is 18.2 Å². The number of cyclic esters (lactones) is 1. The highest BCUT2D eigenvalue weighted by Crippen LogP contribution is 2.24. The van der Waals surface area contributed by atoms with Gasteiger partial charge < -0.3 is 33.5 Å². The van der Waals surface area contributed by atoms with Gasteiger partial charge in [-0.3, -0.25) is 4.48 Å². The van der Waals surface area contributed by atoms with Crippen LogP contribution >= 0.6 is 0 Å². The minimum absolute atomic E-state index is 0. The number of carbonyl (C=O) groups is 1. The first-order valence-corrected chi connectivity index (χ1v) is 5.43. The molecule has 1 atom stereocenters. The smallest absolute Gasteiger partial charge is 0.334 e. The molecule has 0 radical (unpaired) electrons. The summed E-state index contributed by atoms with van der Waals surface area (Å²) in [6, 6.07) is 7.75. The molecule has 0 aliphatic carbocycles. The average molecular weight is 361 g/mol. The minimum Gasteiger partial charge on any atom is -1.00 e. The Morgan fingerprint density at radius 3 is 2.56 bits per heavy atom. The van der Waals surface area contributed by atoms with Gasteiger partial charge in [-0.1, -0.05) is 6.07 Å². The van der Waals surface area contributed by atoms with Crippen LogP contribution in [-0.2, 0) is 9.53 Å². The molecule has 98 valence electrons. The second-order valence-corrected chi connectivity index (χ2v) is 4.79. The number of hydrogen-bond acceptors (Lipinski definition) is 3. The van der Waals surface area contributed by atoms with Crippen LogP contribution in [0.4, 0.5) is 5.69 Å². The average Bonchev–Trinajstić information content (AvgIpc) is 2.63. The third kappa shape index (κ3) is 3.71. The van der Waals surface area contributed by atoms with Crippen LogP contribution in [0.1, 0.15) is 0 Å². The number of rotatable bonds is 3. The molecule has 4 nitrogen and oxygen atoms in total. The zero-order valence-corrected chi connectivity index (χ0v) is 12.7. The molecule has 1 aromatic rings. The summed E-state index contributed by atoms with van der Waals surface area (Å²) in [6.07, 6.45) is 2.36. The van der Waals surface area contributed by atoms with Crippen LogP contribution < -0.4 is 33.2 Å². The summed E-state index contributed by atoms with van der Waals surface area (Å²) in [5.41, 5.74) is 1.12. The zero-order chi connectivity index (χ0) is 12.5. The van der Waals surface area contributed by atoms with Gasteiger partial charge in [-0.05, 0) is 12.1 Å². The van der Waals surface area contributed by atoms with E-state index in [0.717, 1.165) is 5.69 Å². The van der Waals surface area contributed by atoms with Crippen molar-refractivity contribution in [2.75, 3.05) is 21.1 Å². The normalized spacial score (nSPS) is 18.2. The highest BCUT2D eigenvalue weighted by atomic mass is 127. The minimum atomic E-state index is -0.606. The number of esters is 1. The summed E-state index contributed by atoms with van der Waals surface area (Å²) < 4.78 is 11.2. The van der Waals surface area contributed by atoms with Crippen molar-refractivity contribution >= 4 is 11.7 Å². The molecule has 1 heterocycles. The van der Waals surface area contributed by atoms with Crippen LogP contribution in [0.3, 0.4) is 0 Å². The van der Waals surface area contributed by atoms with Crippen molar-refractivity contribution < 1.29 is 38.2 Å². The number of quaternary nitrogens is 1. The van der Waals surface area contributed by atoms with Crippen molar-refractivity contribution in [3.63, 3.8) is 0 Å². The first-order chi connectivity index (χ1) is 7.95. The van der Waals surface area contributed by atoms with Crippen molar-refractivity contribution in [1.29, 1.82) is 0 Å². The molecular formula is C13H16INO3. The van der Waals surface area contributed by atoms with Crippen LogP contribution in [0.2, 0.25) is 0 Å². The van der Waals surface area contributed by atoms with E-state index < -0.39 is 6.29 Å². The topological polar surface area (TPSA) is 35.5 Å². The number of benzene rings is 1. The van der Waals surface area contributed by atoms with Gasteiger partial charge >= 0.3 is 5.97 Å².